The summed E-state index contributed by atoms with van der Waals surface area (Å²) in [6, 6.07) is -0.160. The topological polar surface area (TPSA) is 86.0 Å². The smallest absolute Gasteiger partial charge is 0.304 e. The molecule has 1 heterocycles. The largest absolute Gasteiger partial charge is 0.481 e. The van der Waals surface area contributed by atoms with Gasteiger partial charge in [-0.05, 0) is 45.2 Å². The van der Waals surface area contributed by atoms with Crippen LogP contribution in [0.25, 0.3) is 0 Å². The molecule has 1 aliphatic rings. The first kappa shape index (κ1) is 20.6. The Morgan fingerprint density at radius 3 is 2.75 bits per heavy atom. The molecule has 0 radical (unpaired) electrons. The number of carboxylic acids is 1. The maximum atomic E-state index is 11.0. The zero-order valence-electron chi connectivity index (χ0n) is 14.9. The van der Waals surface area contributed by atoms with Crippen LogP contribution in [0.3, 0.4) is 0 Å². The summed E-state index contributed by atoms with van der Waals surface area (Å²) in [4.78, 5) is 17.7. The van der Waals surface area contributed by atoms with Crippen LogP contribution in [-0.4, -0.2) is 59.9 Å². The third kappa shape index (κ3) is 5.91. The highest BCUT2D eigenvalue weighted by molar-refractivity contribution is 6.38. The third-order valence-electron chi connectivity index (χ3n) is 4.44. The van der Waals surface area contributed by atoms with Gasteiger partial charge in [0, 0.05) is 17.6 Å². The third-order valence-corrected chi connectivity index (χ3v) is 5.01. The Bertz CT molecular complexity index is 531. The summed E-state index contributed by atoms with van der Waals surface area (Å²) in [7, 11) is 1.45. The van der Waals surface area contributed by atoms with Crippen LogP contribution in [-0.2, 0) is 9.53 Å². The van der Waals surface area contributed by atoms with Gasteiger partial charge < -0.3 is 9.84 Å². The second kappa shape index (κ2) is 9.79. The van der Waals surface area contributed by atoms with Crippen molar-refractivity contribution in [2.45, 2.75) is 58.5 Å². The molecule has 0 amide bonds. The van der Waals surface area contributed by atoms with Crippen molar-refractivity contribution in [3.63, 3.8) is 0 Å². The molecular formula is C17H28ClN3O3. The zero-order chi connectivity index (χ0) is 18.3. The summed E-state index contributed by atoms with van der Waals surface area (Å²) in [5.41, 5.74) is 1.51. The Morgan fingerprint density at radius 1 is 1.54 bits per heavy atom. The van der Waals surface area contributed by atoms with E-state index in [4.69, 9.17) is 26.9 Å². The molecule has 0 aromatic heterocycles. The van der Waals surface area contributed by atoms with Crippen molar-refractivity contribution < 1.29 is 14.6 Å². The van der Waals surface area contributed by atoms with Crippen LogP contribution < -0.4 is 0 Å². The number of allylic oxidation sites excluding steroid dienone is 1. The Hall–Kier alpha value is -1.40. The van der Waals surface area contributed by atoms with Gasteiger partial charge in [0.05, 0.1) is 19.6 Å². The van der Waals surface area contributed by atoms with E-state index in [0.29, 0.717) is 12.3 Å². The fraction of sp³-hybridized carbons (Fsp3) is 0.706. The molecule has 1 aliphatic heterocycles. The lowest BCUT2D eigenvalue weighted by molar-refractivity contribution is -0.138. The number of likely N-dealkylation sites (tertiary alicyclic amines) is 1. The summed E-state index contributed by atoms with van der Waals surface area (Å²) in [6.45, 7) is 7.10. The molecule has 1 fully saturated rings. The first-order chi connectivity index (χ1) is 11.3. The quantitative estimate of drug-likeness (QED) is 0.515. The summed E-state index contributed by atoms with van der Waals surface area (Å²) >= 11 is 6.21. The second-order valence-corrected chi connectivity index (χ2v) is 6.55. The Morgan fingerprint density at radius 2 is 2.21 bits per heavy atom. The van der Waals surface area contributed by atoms with Crippen LogP contribution in [0, 0.1) is 5.41 Å². The highest BCUT2D eigenvalue weighted by Crippen LogP contribution is 2.21. The zero-order valence-corrected chi connectivity index (χ0v) is 15.7. The summed E-state index contributed by atoms with van der Waals surface area (Å²) in [6.07, 6.45) is 2.68. The number of ether oxygens (including phenoxy) is 1. The highest BCUT2D eigenvalue weighted by Gasteiger charge is 2.28. The van der Waals surface area contributed by atoms with E-state index in [9.17, 15) is 4.79 Å². The molecule has 2 atom stereocenters. The summed E-state index contributed by atoms with van der Waals surface area (Å²) < 4.78 is 5.07. The number of rotatable bonds is 8. The van der Waals surface area contributed by atoms with Crippen molar-refractivity contribution in [3.8, 4) is 0 Å². The number of aliphatic imine (C=N–C) groups is 1. The van der Waals surface area contributed by atoms with Gasteiger partial charge in [-0.15, -0.1) is 0 Å². The molecule has 0 unspecified atom stereocenters. The Kier molecular flexibility index (Phi) is 8.42. The van der Waals surface area contributed by atoms with Crippen LogP contribution in [0.5, 0.6) is 0 Å². The van der Waals surface area contributed by atoms with Gasteiger partial charge in [-0.3, -0.25) is 20.1 Å². The molecule has 1 rings (SSSR count). The van der Waals surface area contributed by atoms with Crippen molar-refractivity contribution in [1.82, 2.24) is 4.90 Å². The molecule has 0 aromatic rings. The number of nitrogens with zero attached hydrogens (tertiary/aromatic N) is 2. The number of hydrogen-bond donors (Lipinski definition) is 2. The molecule has 0 aromatic carbocycles. The number of carbonyl (C=O) groups is 1. The van der Waals surface area contributed by atoms with Crippen LogP contribution in [0.4, 0.5) is 0 Å². The molecule has 0 spiro atoms. The van der Waals surface area contributed by atoms with Gasteiger partial charge in [-0.25, -0.2) is 0 Å². The van der Waals surface area contributed by atoms with Crippen molar-refractivity contribution in [3.05, 3.63) is 10.6 Å². The van der Waals surface area contributed by atoms with Crippen molar-refractivity contribution >= 4 is 29.2 Å². The lowest BCUT2D eigenvalue weighted by atomic mass is 10.1. The molecule has 7 heteroatoms. The van der Waals surface area contributed by atoms with Gasteiger partial charge >= 0.3 is 5.97 Å². The van der Waals surface area contributed by atoms with Gasteiger partial charge in [0.1, 0.15) is 5.71 Å². The van der Waals surface area contributed by atoms with E-state index >= 15 is 0 Å². The van der Waals surface area contributed by atoms with E-state index in [2.05, 4.69) is 9.89 Å². The van der Waals surface area contributed by atoms with E-state index in [0.717, 1.165) is 36.4 Å². The monoisotopic (exact) mass is 357 g/mol. The molecule has 2 N–H and O–H groups in total. The Labute approximate surface area is 149 Å². The standard InChI is InChI=1S/C17H28ClN3O3/c1-5-14(18)11(2)12(3)20-15(17(19)24-4)10-21-8-6-7-13(21)9-16(22)23/h12-13,19H,5-10H2,1-4H3,(H,22,23)/b14-11-,19-17?,20-15?/t12-,13-/m0/s1. The normalized spacial score (nSPS) is 21.4. The first-order valence-electron chi connectivity index (χ1n) is 8.30. The van der Waals surface area contributed by atoms with Gasteiger partial charge in [0.15, 0.2) is 0 Å². The summed E-state index contributed by atoms with van der Waals surface area (Å²) in [5.74, 6) is -0.780. The predicted octanol–water partition coefficient (Wildman–Crippen LogP) is 3.30. The van der Waals surface area contributed by atoms with E-state index in [-0.39, 0.29) is 24.4 Å². The minimum atomic E-state index is -0.797. The lowest BCUT2D eigenvalue weighted by Gasteiger charge is -2.24. The molecule has 0 bridgehead atoms. The molecule has 0 aliphatic carbocycles. The average molecular weight is 358 g/mol. The van der Waals surface area contributed by atoms with Crippen LogP contribution in [0.15, 0.2) is 15.6 Å². The van der Waals surface area contributed by atoms with Gasteiger partial charge in [-0.1, -0.05) is 18.5 Å². The fourth-order valence-electron chi connectivity index (χ4n) is 2.85. The second-order valence-electron chi connectivity index (χ2n) is 6.09. The number of carboxylic acid groups (broad SMARTS) is 1. The highest BCUT2D eigenvalue weighted by atomic mass is 35.5. The summed E-state index contributed by atoms with van der Waals surface area (Å²) in [5, 5.41) is 17.8. The molecular weight excluding hydrogens is 330 g/mol. The molecule has 0 saturated carbocycles. The van der Waals surface area contributed by atoms with E-state index in [1.54, 1.807) is 0 Å². The SMILES string of the molecule is CC/C(Cl)=C(\C)[C@H](C)N=C(CN1CCC[C@H]1CC(=O)O)C(=N)OC. The number of methoxy groups -OCH3 is 1. The number of nitrogens with one attached hydrogen (secondary N) is 1. The van der Waals surface area contributed by atoms with Crippen molar-refractivity contribution in [2.75, 3.05) is 20.2 Å². The van der Waals surface area contributed by atoms with Crippen LogP contribution >= 0.6 is 11.6 Å². The first-order valence-corrected chi connectivity index (χ1v) is 8.68. The van der Waals surface area contributed by atoms with E-state index in [1.165, 1.54) is 7.11 Å². The predicted molar refractivity (Wildman–Crippen MR) is 97.3 cm³/mol. The van der Waals surface area contributed by atoms with Crippen LogP contribution in [0.2, 0.25) is 0 Å². The van der Waals surface area contributed by atoms with E-state index < -0.39 is 5.97 Å². The fourth-order valence-corrected chi connectivity index (χ4v) is 3.01. The molecule has 24 heavy (non-hydrogen) atoms. The number of aliphatic carboxylic acids is 1. The van der Waals surface area contributed by atoms with Gasteiger partial charge in [0.25, 0.3) is 0 Å². The van der Waals surface area contributed by atoms with Crippen molar-refractivity contribution in [1.29, 1.82) is 5.41 Å². The maximum Gasteiger partial charge on any atom is 0.304 e. The minimum absolute atomic E-state index is 0.0106. The van der Waals surface area contributed by atoms with Gasteiger partial charge in [-0.2, -0.15) is 0 Å². The average Bonchev–Trinajstić information content (AvgIpc) is 2.97. The minimum Gasteiger partial charge on any atom is -0.481 e. The van der Waals surface area contributed by atoms with Gasteiger partial charge in [0.2, 0.25) is 5.90 Å². The number of hydrogen-bond acceptors (Lipinski definition) is 5. The van der Waals surface area contributed by atoms with Crippen molar-refractivity contribution in [2.24, 2.45) is 4.99 Å². The van der Waals surface area contributed by atoms with Crippen LogP contribution in [0.1, 0.15) is 46.5 Å². The maximum absolute atomic E-state index is 11.0. The lowest BCUT2D eigenvalue weighted by Crippen LogP contribution is -2.38. The molecule has 6 nitrogen and oxygen atoms in total. The molecule has 136 valence electrons. The van der Waals surface area contributed by atoms with E-state index in [1.807, 2.05) is 20.8 Å². The number of halogens is 1. The molecule has 1 saturated heterocycles. The Balaban J connectivity index is 2.95.